The van der Waals surface area contributed by atoms with Crippen molar-refractivity contribution < 1.29 is 0 Å². The fourth-order valence-corrected chi connectivity index (χ4v) is 0.681. The van der Waals surface area contributed by atoms with Crippen LogP contribution in [0.4, 0.5) is 0 Å². The maximum absolute atomic E-state index is 3.65. The quantitative estimate of drug-likeness (QED) is 0.517. The van der Waals surface area contributed by atoms with Crippen LogP contribution in [0.15, 0.2) is 36.5 Å². The van der Waals surface area contributed by atoms with E-state index in [1.54, 1.807) is 0 Å². The second-order valence-corrected chi connectivity index (χ2v) is 1.74. The van der Waals surface area contributed by atoms with Gasteiger partial charge in [0.15, 0.2) is 0 Å². The lowest BCUT2D eigenvalue weighted by atomic mass is 10.1. The third-order valence-electron chi connectivity index (χ3n) is 1.15. The molecule has 0 N–H and O–H groups in total. The first kappa shape index (κ1) is 9.22. The molecule has 0 unspecified atom stereocenters. The Labute approximate surface area is 64.0 Å². The topological polar surface area (TPSA) is 0 Å². The van der Waals surface area contributed by atoms with E-state index in [-0.39, 0.29) is 0 Å². The van der Waals surface area contributed by atoms with Crippen LogP contribution in [0.25, 0.3) is 0 Å². The minimum Gasteiger partial charge on any atom is -0.0985 e. The molecule has 55 valence electrons. The van der Waals surface area contributed by atoms with Gasteiger partial charge in [0, 0.05) is 0 Å². The van der Waals surface area contributed by atoms with Crippen molar-refractivity contribution in [3.63, 3.8) is 0 Å². The van der Waals surface area contributed by atoms with E-state index in [2.05, 4.69) is 31.2 Å². The van der Waals surface area contributed by atoms with E-state index < -0.39 is 0 Å². The molecule has 1 aliphatic rings. The standard InChI is InChI=1S/C8H9.C2H6/c1-2-8-6-4-3-5-7-8;1-2/h2-4,6-7H,1,5H2;1-2H3. The van der Waals surface area contributed by atoms with Crippen molar-refractivity contribution in [1.29, 1.82) is 0 Å². The largest absolute Gasteiger partial charge is 0.0985 e. The minimum absolute atomic E-state index is 1.05. The summed E-state index contributed by atoms with van der Waals surface area (Å²) in [7, 11) is 0. The third-order valence-corrected chi connectivity index (χ3v) is 1.15. The Bertz CT molecular complexity index is 138. The van der Waals surface area contributed by atoms with Gasteiger partial charge in [-0.3, -0.25) is 0 Å². The summed E-state index contributed by atoms with van der Waals surface area (Å²) in [5, 5.41) is 0. The second-order valence-electron chi connectivity index (χ2n) is 1.74. The lowest BCUT2D eigenvalue weighted by molar-refractivity contribution is 1.24. The fraction of sp³-hybridized carbons (Fsp3) is 0.300. The average Bonchev–Trinajstić information content (AvgIpc) is 2.10. The zero-order valence-corrected chi connectivity index (χ0v) is 6.80. The van der Waals surface area contributed by atoms with Gasteiger partial charge in [-0.25, -0.2) is 0 Å². The highest BCUT2D eigenvalue weighted by atomic mass is 13.9. The number of hydrogen-bond acceptors (Lipinski definition) is 0. The van der Waals surface area contributed by atoms with Crippen LogP contribution in [-0.2, 0) is 0 Å². The molecule has 0 fully saturated rings. The first-order valence-electron chi connectivity index (χ1n) is 3.76. The summed E-state index contributed by atoms with van der Waals surface area (Å²) in [5.74, 6) is 0. The summed E-state index contributed by atoms with van der Waals surface area (Å²) in [4.78, 5) is 0. The van der Waals surface area contributed by atoms with Crippen molar-refractivity contribution >= 4 is 0 Å². The van der Waals surface area contributed by atoms with Crippen molar-refractivity contribution in [2.45, 2.75) is 20.3 Å². The Morgan fingerprint density at radius 2 is 2.20 bits per heavy atom. The molecular weight excluding hydrogens is 120 g/mol. The highest BCUT2D eigenvalue weighted by Gasteiger charge is 1.89. The summed E-state index contributed by atoms with van der Waals surface area (Å²) in [5.41, 5.74) is 1.23. The Balaban J connectivity index is 0.000000371. The van der Waals surface area contributed by atoms with Crippen molar-refractivity contribution in [3.8, 4) is 0 Å². The molecular formula is C10H15. The van der Waals surface area contributed by atoms with E-state index in [4.69, 9.17) is 0 Å². The lowest BCUT2D eigenvalue weighted by Crippen LogP contribution is -1.78. The van der Waals surface area contributed by atoms with Gasteiger partial charge in [-0.2, -0.15) is 0 Å². The molecule has 0 nitrogen and oxygen atoms in total. The van der Waals surface area contributed by atoms with Crippen LogP contribution in [0, 0.1) is 6.42 Å². The predicted molar refractivity (Wildman–Crippen MR) is 47.7 cm³/mol. The van der Waals surface area contributed by atoms with Gasteiger partial charge in [-0.1, -0.05) is 44.7 Å². The molecule has 1 rings (SSSR count). The summed E-state index contributed by atoms with van der Waals surface area (Å²) in [6, 6.07) is 0. The maximum atomic E-state index is 3.65. The van der Waals surface area contributed by atoms with Gasteiger partial charge in [0.2, 0.25) is 0 Å². The lowest BCUT2D eigenvalue weighted by Gasteiger charge is -1.97. The second kappa shape index (κ2) is 6.34. The van der Waals surface area contributed by atoms with Gasteiger partial charge in [-0.15, -0.1) is 0 Å². The van der Waals surface area contributed by atoms with E-state index in [0.29, 0.717) is 0 Å². The number of allylic oxidation sites excluding steroid dienone is 5. The summed E-state index contributed by atoms with van der Waals surface area (Å²) in [6.45, 7) is 7.65. The molecule has 1 radical (unpaired) electrons. The normalized spacial score (nSPS) is 14.8. The third kappa shape index (κ3) is 3.29. The molecule has 0 spiro atoms. The number of rotatable bonds is 1. The van der Waals surface area contributed by atoms with Crippen LogP contribution in [0.3, 0.4) is 0 Å². The number of hydrogen-bond donors (Lipinski definition) is 0. The molecule has 0 aromatic carbocycles. The summed E-state index contributed by atoms with van der Waals surface area (Å²) in [6.07, 6.45) is 11.3. The van der Waals surface area contributed by atoms with Crippen molar-refractivity contribution in [3.05, 3.63) is 42.9 Å². The zero-order chi connectivity index (χ0) is 7.82. The van der Waals surface area contributed by atoms with Gasteiger partial charge in [0.05, 0.1) is 0 Å². The molecule has 0 saturated heterocycles. The molecule has 0 amide bonds. The van der Waals surface area contributed by atoms with Crippen molar-refractivity contribution in [1.82, 2.24) is 0 Å². The highest BCUT2D eigenvalue weighted by Crippen LogP contribution is 2.08. The van der Waals surface area contributed by atoms with E-state index in [1.807, 2.05) is 19.9 Å². The van der Waals surface area contributed by atoms with Crippen molar-refractivity contribution in [2.24, 2.45) is 0 Å². The smallest absolute Gasteiger partial charge is 0.0129 e. The van der Waals surface area contributed by atoms with Gasteiger partial charge < -0.3 is 0 Å². The van der Waals surface area contributed by atoms with E-state index in [9.17, 15) is 0 Å². The van der Waals surface area contributed by atoms with E-state index >= 15 is 0 Å². The van der Waals surface area contributed by atoms with Gasteiger partial charge in [-0.05, 0) is 18.4 Å². The monoisotopic (exact) mass is 135 g/mol. The molecule has 0 atom stereocenters. The highest BCUT2D eigenvalue weighted by molar-refractivity contribution is 5.33. The Morgan fingerprint density at radius 1 is 1.50 bits per heavy atom. The fourth-order valence-electron chi connectivity index (χ4n) is 0.681. The molecule has 0 aromatic heterocycles. The molecule has 1 aliphatic carbocycles. The van der Waals surface area contributed by atoms with Crippen LogP contribution in [-0.4, -0.2) is 0 Å². The Hall–Kier alpha value is -0.780. The van der Waals surface area contributed by atoms with E-state index in [0.717, 1.165) is 6.42 Å². The van der Waals surface area contributed by atoms with Gasteiger partial charge in [0.1, 0.15) is 0 Å². The molecule has 0 bridgehead atoms. The van der Waals surface area contributed by atoms with E-state index in [1.165, 1.54) is 5.57 Å². The predicted octanol–water partition coefficient (Wildman–Crippen LogP) is 3.29. The summed E-state index contributed by atoms with van der Waals surface area (Å²) < 4.78 is 0. The Morgan fingerprint density at radius 3 is 2.50 bits per heavy atom. The maximum Gasteiger partial charge on any atom is -0.0129 e. The molecule has 0 heteroatoms. The van der Waals surface area contributed by atoms with Gasteiger partial charge in [0.25, 0.3) is 0 Å². The van der Waals surface area contributed by atoms with Crippen LogP contribution in [0.2, 0.25) is 0 Å². The van der Waals surface area contributed by atoms with Crippen LogP contribution in [0.5, 0.6) is 0 Å². The summed E-state index contributed by atoms with van der Waals surface area (Å²) >= 11 is 0. The molecule has 0 aliphatic heterocycles. The Kier molecular flexibility index (Phi) is 5.85. The van der Waals surface area contributed by atoms with Crippen LogP contribution >= 0.6 is 0 Å². The molecule has 0 heterocycles. The van der Waals surface area contributed by atoms with Gasteiger partial charge >= 0.3 is 0 Å². The van der Waals surface area contributed by atoms with Crippen molar-refractivity contribution in [2.75, 3.05) is 0 Å². The van der Waals surface area contributed by atoms with Crippen LogP contribution in [0.1, 0.15) is 20.3 Å². The van der Waals surface area contributed by atoms with Crippen LogP contribution < -0.4 is 0 Å². The SMILES string of the molecule is C=CC1=CC[CH]C=C1.CC. The first-order chi connectivity index (χ1) is 4.93. The molecule has 10 heavy (non-hydrogen) atoms. The molecule has 0 saturated carbocycles. The first-order valence-corrected chi connectivity index (χ1v) is 3.76. The zero-order valence-electron chi connectivity index (χ0n) is 6.80. The average molecular weight is 135 g/mol. The molecule has 0 aromatic rings. The minimum atomic E-state index is 1.05.